The molecule has 0 aliphatic carbocycles. The van der Waals surface area contributed by atoms with E-state index >= 15 is 0 Å². The van der Waals surface area contributed by atoms with Crippen molar-refractivity contribution in [1.29, 1.82) is 0 Å². The fourth-order valence-corrected chi connectivity index (χ4v) is 2.94. The van der Waals surface area contributed by atoms with Gasteiger partial charge in [0.2, 0.25) is 0 Å². The highest BCUT2D eigenvalue weighted by atomic mass is 16.5. The third kappa shape index (κ3) is 4.06. The van der Waals surface area contributed by atoms with Gasteiger partial charge in [-0.25, -0.2) is 4.98 Å². The number of imidazole rings is 1. The number of aromatic nitrogens is 2. The normalized spacial score (nSPS) is 12.0. The van der Waals surface area contributed by atoms with Gasteiger partial charge in [-0.15, -0.1) is 0 Å². The van der Waals surface area contributed by atoms with Gasteiger partial charge < -0.3 is 19.8 Å². The number of nitrogens with zero attached hydrogens (tertiary/aromatic N) is 1. The van der Waals surface area contributed by atoms with E-state index in [1.807, 2.05) is 42.6 Å². The van der Waals surface area contributed by atoms with E-state index < -0.39 is 0 Å². The topological polar surface area (TPSA) is 59.2 Å². The highest BCUT2D eigenvalue weighted by molar-refractivity contribution is 5.58. The third-order valence-corrected chi connectivity index (χ3v) is 4.42. The zero-order valence-corrected chi connectivity index (χ0v) is 15.5. The molecule has 0 aliphatic heterocycles. The van der Waals surface area contributed by atoms with Gasteiger partial charge >= 0.3 is 0 Å². The van der Waals surface area contributed by atoms with Gasteiger partial charge in [0.25, 0.3) is 0 Å². The minimum Gasteiger partial charge on any atom is -0.493 e. The van der Waals surface area contributed by atoms with E-state index in [1.54, 1.807) is 14.2 Å². The molecule has 26 heavy (non-hydrogen) atoms. The van der Waals surface area contributed by atoms with E-state index in [9.17, 15) is 0 Å². The Morgan fingerprint density at radius 1 is 1.04 bits per heavy atom. The molecule has 136 valence electrons. The van der Waals surface area contributed by atoms with Gasteiger partial charge in [-0.3, -0.25) is 0 Å². The molecule has 0 aliphatic rings. The summed E-state index contributed by atoms with van der Waals surface area (Å²) in [6.45, 7) is 2.87. The van der Waals surface area contributed by atoms with Gasteiger partial charge in [0.15, 0.2) is 11.5 Å². The molecule has 1 unspecified atom stereocenters. The first-order valence-electron chi connectivity index (χ1n) is 8.79. The molecule has 0 bridgehead atoms. The van der Waals surface area contributed by atoms with Crippen LogP contribution in [0.3, 0.4) is 0 Å². The summed E-state index contributed by atoms with van der Waals surface area (Å²) in [5, 5.41) is 3.57. The lowest BCUT2D eigenvalue weighted by Gasteiger charge is -2.16. The summed E-state index contributed by atoms with van der Waals surface area (Å²) < 4.78 is 10.7. The summed E-state index contributed by atoms with van der Waals surface area (Å²) in [6, 6.07) is 16.3. The van der Waals surface area contributed by atoms with Crippen LogP contribution in [0.1, 0.15) is 30.8 Å². The number of ether oxygens (including phenoxy) is 2. The van der Waals surface area contributed by atoms with Crippen molar-refractivity contribution >= 4 is 0 Å². The average molecular weight is 351 g/mol. The third-order valence-electron chi connectivity index (χ3n) is 4.42. The molecule has 2 N–H and O–H groups in total. The summed E-state index contributed by atoms with van der Waals surface area (Å²) >= 11 is 0. The van der Waals surface area contributed by atoms with Crippen molar-refractivity contribution in [3.05, 3.63) is 66.1 Å². The van der Waals surface area contributed by atoms with Crippen molar-refractivity contribution < 1.29 is 9.47 Å². The van der Waals surface area contributed by atoms with Crippen molar-refractivity contribution in [2.75, 3.05) is 14.2 Å². The fraction of sp³-hybridized carbons (Fsp3) is 0.286. The quantitative estimate of drug-likeness (QED) is 0.634. The molecule has 0 amide bonds. The van der Waals surface area contributed by atoms with Crippen LogP contribution in [0.15, 0.2) is 54.7 Å². The summed E-state index contributed by atoms with van der Waals surface area (Å²) in [6.07, 6.45) is 2.83. The van der Waals surface area contributed by atoms with Gasteiger partial charge in [0, 0.05) is 6.54 Å². The summed E-state index contributed by atoms with van der Waals surface area (Å²) in [5.41, 5.74) is 3.31. The Bertz CT molecular complexity index is 830. The van der Waals surface area contributed by atoms with Crippen LogP contribution in [-0.4, -0.2) is 24.2 Å². The smallest absolute Gasteiger partial charge is 0.161 e. The van der Waals surface area contributed by atoms with Crippen LogP contribution in [0.5, 0.6) is 11.5 Å². The lowest BCUT2D eigenvalue weighted by molar-refractivity contribution is 0.354. The molecule has 1 heterocycles. The predicted octanol–water partition coefficient (Wildman–Crippen LogP) is 4.33. The minimum atomic E-state index is 0.153. The number of methoxy groups -OCH3 is 2. The molecule has 0 saturated heterocycles. The standard InChI is InChI=1S/C21H25N3O2/c1-4-17(21-23-14-18(24-21)16-8-6-5-7-9-16)22-13-15-10-11-19(25-2)20(12-15)26-3/h5-12,14,17,22H,4,13H2,1-3H3,(H,23,24). The molecule has 2 aromatic carbocycles. The summed E-state index contributed by atoms with van der Waals surface area (Å²) in [7, 11) is 3.29. The Labute approximate surface area is 154 Å². The Morgan fingerprint density at radius 2 is 1.81 bits per heavy atom. The van der Waals surface area contributed by atoms with E-state index in [0.29, 0.717) is 0 Å². The number of aromatic amines is 1. The highest BCUT2D eigenvalue weighted by Gasteiger charge is 2.14. The van der Waals surface area contributed by atoms with Crippen LogP contribution in [0.25, 0.3) is 11.3 Å². The largest absolute Gasteiger partial charge is 0.493 e. The lowest BCUT2D eigenvalue weighted by Crippen LogP contribution is -2.21. The summed E-state index contributed by atoms with van der Waals surface area (Å²) in [4.78, 5) is 8.01. The van der Waals surface area contributed by atoms with Crippen molar-refractivity contribution in [1.82, 2.24) is 15.3 Å². The maximum absolute atomic E-state index is 5.38. The number of rotatable bonds is 8. The molecule has 0 saturated carbocycles. The first kappa shape index (κ1) is 18.0. The first-order valence-corrected chi connectivity index (χ1v) is 8.79. The van der Waals surface area contributed by atoms with E-state index in [2.05, 4.69) is 34.3 Å². The monoisotopic (exact) mass is 351 g/mol. The lowest BCUT2D eigenvalue weighted by atomic mass is 10.1. The second-order valence-electron chi connectivity index (χ2n) is 6.08. The van der Waals surface area contributed by atoms with E-state index in [4.69, 9.17) is 9.47 Å². The van der Waals surface area contributed by atoms with Crippen molar-refractivity contribution in [3.8, 4) is 22.8 Å². The molecular formula is C21H25N3O2. The Balaban J connectivity index is 1.70. The summed E-state index contributed by atoms with van der Waals surface area (Å²) in [5.74, 6) is 2.43. The van der Waals surface area contributed by atoms with Crippen LogP contribution in [0, 0.1) is 0 Å². The van der Waals surface area contributed by atoms with Crippen molar-refractivity contribution in [2.45, 2.75) is 25.9 Å². The van der Waals surface area contributed by atoms with Crippen LogP contribution >= 0.6 is 0 Å². The van der Waals surface area contributed by atoms with Crippen molar-refractivity contribution in [2.24, 2.45) is 0 Å². The van der Waals surface area contributed by atoms with E-state index in [0.717, 1.165) is 47.1 Å². The SMILES string of the molecule is CCC(NCc1ccc(OC)c(OC)c1)c1ncc(-c2ccccc2)[nH]1. The molecule has 0 fully saturated rings. The van der Waals surface area contributed by atoms with Crippen LogP contribution < -0.4 is 14.8 Å². The fourth-order valence-electron chi connectivity index (χ4n) is 2.94. The number of hydrogen-bond acceptors (Lipinski definition) is 4. The Morgan fingerprint density at radius 3 is 2.50 bits per heavy atom. The zero-order chi connectivity index (χ0) is 18.4. The van der Waals surface area contributed by atoms with Crippen LogP contribution in [0.2, 0.25) is 0 Å². The average Bonchev–Trinajstić information content (AvgIpc) is 3.19. The highest BCUT2D eigenvalue weighted by Crippen LogP contribution is 2.28. The second kappa shape index (κ2) is 8.54. The predicted molar refractivity (Wildman–Crippen MR) is 103 cm³/mol. The van der Waals surface area contributed by atoms with Gasteiger partial charge in [0.05, 0.1) is 32.2 Å². The van der Waals surface area contributed by atoms with E-state index in [1.165, 1.54) is 0 Å². The van der Waals surface area contributed by atoms with Gasteiger partial charge in [-0.1, -0.05) is 43.3 Å². The molecular weight excluding hydrogens is 326 g/mol. The molecule has 0 radical (unpaired) electrons. The number of benzene rings is 2. The van der Waals surface area contributed by atoms with E-state index in [-0.39, 0.29) is 6.04 Å². The molecule has 1 aromatic heterocycles. The Kier molecular flexibility index (Phi) is 5.92. The maximum Gasteiger partial charge on any atom is 0.161 e. The number of H-pyrrole nitrogens is 1. The van der Waals surface area contributed by atoms with Gasteiger partial charge in [-0.2, -0.15) is 0 Å². The van der Waals surface area contributed by atoms with Gasteiger partial charge in [-0.05, 0) is 29.7 Å². The molecule has 0 spiro atoms. The molecule has 5 heteroatoms. The second-order valence-corrected chi connectivity index (χ2v) is 6.08. The zero-order valence-electron chi connectivity index (χ0n) is 15.5. The number of nitrogens with one attached hydrogen (secondary N) is 2. The van der Waals surface area contributed by atoms with Gasteiger partial charge in [0.1, 0.15) is 5.82 Å². The van der Waals surface area contributed by atoms with Crippen LogP contribution in [-0.2, 0) is 6.54 Å². The molecule has 3 rings (SSSR count). The van der Waals surface area contributed by atoms with Crippen LogP contribution in [0.4, 0.5) is 0 Å². The first-order chi connectivity index (χ1) is 12.7. The molecule has 3 aromatic rings. The molecule has 1 atom stereocenters. The minimum absolute atomic E-state index is 0.153. The maximum atomic E-state index is 5.38. The molecule has 5 nitrogen and oxygen atoms in total. The number of hydrogen-bond donors (Lipinski definition) is 2. The van der Waals surface area contributed by atoms with Crippen molar-refractivity contribution in [3.63, 3.8) is 0 Å². The Hall–Kier alpha value is -2.79.